The van der Waals surface area contributed by atoms with Crippen LogP contribution in [-0.4, -0.2) is 48.4 Å². The van der Waals surface area contributed by atoms with Crippen LogP contribution in [0, 0.1) is 4.91 Å². The number of carbonyl (C=O) groups is 2. The van der Waals surface area contributed by atoms with Crippen LogP contribution >= 0.6 is 0 Å². The number of nitroso groups, excluding NO2 is 1. The predicted octanol–water partition coefficient (Wildman–Crippen LogP) is 0.901. The molecule has 0 aliphatic carbocycles. The van der Waals surface area contributed by atoms with Crippen LogP contribution < -0.4 is 5.32 Å². The Hall–Kier alpha value is -2.58. The first kappa shape index (κ1) is 15.5. The highest BCUT2D eigenvalue weighted by atomic mass is 19.1. The third-order valence-corrected chi connectivity index (χ3v) is 2.14. The smallest absolute Gasteiger partial charge is 0.340 e. The van der Waals surface area contributed by atoms with Gasteiger partial charge in [0.25, 0.3) is 0 Å². The van der Waals surface area contributed by atoms with Crippen LogP contribution in [0.25, 0.3) is 0 Å². The second kappa shape index (κ2) is 8.51. The maximum Gasteiger partial charge on any atom is 0.340 e. The van der Waals surface area contributed by atoms with Gasteiger partial charge in [-0.15, -0.1) is 4.91 Å². The fraction of sp³-hybridized carbons (Fsp3) is 0.364. The van der Waals surface area contributed by atoms with E-state index in [1.807, 2.05) is 0 Å². The van der Waals surface area contributed by atoms with Gasteiger partial charge < -0.3 is 10.1 Å². The van der Waals surface area contributed by atoms with Gasteiger partial charge in [0.1, 0.15) is 13.3 Å². The number of ether oxygens (including phenoxy) is 1. The second-order valence-electron chi connectivity index (χ2n) is 3.50. The summed E-state index contributed by atoms with van der Waals surface area (Å²) in [6.07, 6.45) is 2.86. The van der Waals surface area contributed by atoms with Crippen LogP contribution in [0.5, 0.6) is 0 Å². The molecule has 0 atom stereocenters. The highest BCUT2D eigenvalue weighted by molar-refractivity contribution is 5.88. The number of alkyl halides is 1. The van der Waals surface area contributed by atoms with Crippen LogP contribution in [-0.2, 0) is 4.74 Å². The van der Waals surface area contributed by atoms with Crippen molar-refractivity contribution in [1.82, 2.24) is 15.3 Å². The lowest BCUT2D eigenvalue weighted by molar-refractivity contribution is 0.0508. The largest absolute Gasteiger partial charge is 0.460 e. The van der Waals surface area contributed by atoms with Gasteiger partial charge in [-0.2, -0.15) is 5.01 Å². The molecule has 1 N–H and O–H groups in total. The number of urea groups is 1. The van der Waals surface area contributed by atoms with E-state index in [9.17, 15) is 18.9 Å². The molecule has 0 saturated heterocycles. The number of nitrogens with zero attached hydrogens (tertiary/aromatic N) is 3. The van der Waals surface area contributed by atoms with Gasteiger partial charge in [0.2, 0.25) is 0 Å². The Bertz CT molecular complexity index is 457. The van der Waals surface area contributed by atoms with Gasteiger partial charge in [0.05, 0.1) is 23.9 Å². The Morgan fingerprint density at radius 1 is 1.50 bits per heavy atom. The zero-order valence-electron chi connectivity index (χ0n) is 10.5. The summed E-state index contributed by atoms with van der Waals surface area (Å²) in [5, 5.41) is 5.02. The van der Waals surface area contributed by atoms with E-state index in [2.05, 4.69) is 15.6 Å². The molecule has 1 aromatic rings. The summed E-state index contributed by atoms with van der Waals surface area (Å²) in [5.74, 6) is -0.582. The fourth-order valence-electron chi connectivity index (χ4n) is 1.22. The molecule has 9 heteroatoms. The first-order valence-corrected chi connectivity index (χ1v) is 5.70. The molecule has 0 aliphatic heterocycles. The molecule has 0 aliphatic rings. The number of hydrogen-bond donors (Lipinski definition) is 1. The van der Waals surface area contributed by atoms with Gasteiger partial charge in [-0.3, -0.25) is 4.98 Å². The Kier molecular flexibility index (Phi) is 6.59. The molecule has 0 aromatic carbocycles. The monoisotopic (exact) mass is 284 g/mol. The van der Waals surface area contributed by atoms with E-state index in [-0.39, 0.29) is 18.7 Å². The summed E-state index contributed by atoms with van der Waals surface area (Å²) in [7, 11) is 0. The number of pyridine rings is 1. The van der Waals surface area contributed by atoms with Crippen molar-refractivity contribution in [2.75, 3.05) is 26.4 Å². The van der Waals surface area contributed by atoms with Crippen LogP contribution in [0.1, 0.15) is 10.4 Å². The van der Waals surface area contributed by atoms with Gasteiger partial charge in [-0.1, -0.05) is 0 Å². The lowest BCUT2D eigenvalue weighted by atomic mass is 10.3. The molecule has 1 heterocycles. The fourth-order valence-corrected chi connectivity index (χ4v) is 1.22. The molecule has 1 rings (SSSR count). The van der Waals surface area contributed by atoms with Crippen molar-refractivity contribution in [3.05, 3.63) is 35.0 Å². The molecule has 1 aromatic heterocycles. The Labute approximate surface area is 113 Å². The van der Waals surface area contributed by atoms with Crippen molar-refractivity contribution in [2.24, 2.45) is 5.29 Å². The summed E-state index contributed by atoms with van der Waals surface area (Å²) >= 11 is 0. The second-order valence-corrected chi connectivity index (χ2v) is 3.50. The molecular weight excluding hydrogens is 271 g/mol. The van der Waals surface area contributed by atoms with E-state index in [1.165, 1.54) is 18.5 Å². The SMILES string of the molecule is O=NN(CCF)C(=O)NCCOC(=O)c1cccnc1. The Balaban J connectivity index is 2.26. The topological polar surface area (TPSA) is 101 Å². The molecular formula is C11H13FN4O4. The van der Waals surface area contributed by atoms with Gasteiger partial charge >= 0.3 is 12.0 Å². The third kappa shape index (κ3) is 4.96. The number of halogens is 1. The van der Waals surface area contributed by atoms with Crippen molar-refractivity contribution in [2.45, 2.75) is 0 Å². The Morgan fingerprint density at radius 3 is 2.90 bits per heavy atom. The number of carbonyl (C=O) groups excluding carboxylic acids is 2. The number of nitrogens with one attached hydrogen (secondary N) is 1. The average Bonchev–Trinajstić information content (AvgIpc) is 2.49. The zero-order chi connectivity index (χ0) is 14.8. The number of hydrogen-bond acceptors (Lipinski definition) is 6. The number of aromatic nitrogens is 1. The van der Waals surface area contributed by atoms with Crippen LogP contribution in [0.15, 0.2) is 29.8 Å². The van der Waals surface area contributed by atoms with E-state index in [4.69, 9.17) is 4.74 Å². The first-order chi connectivity index (χ1) is 9.69. The predicted molar refractivity (Wildman–Crippen MR) is 66.4 cm³/mol. The van der Waals surface area contributed by atoms with Crippen LogP contribution in [0.2, 0.25) is 0 Å². The van der Waals surface area contributed by atoms with Crippen LogP contribution in [0.3, 0.4) is 0 Å². The van der Waals surface area contributed by atoms with Gasteiger partial charge in [-0.25, -0.2) is 14.0 Å². The third-order valence-electron chi connectivity index (χ3n) is 2.14. The highest BCUT2D eigenvalue weighted by Gasteiger charge is 2.13. The van der Waals surface area contributed by atoms with Crippen molar-refractivity contribution in [3.8, 4) is 0 Å². The molecule has 0 unspecified atom stereocenters. The van der Waals surface area contributed by atoms with E-state index in [0.717, 1.165) is 0 Å². The minimum atomic E-state index is -0.880. The van der Waals surface area contributed by atoms with E-state index >= 15 is 0 Å². The lowest BCUT2D eigenvalue weighted by Gasteiger charge is -2.12. The summed E-state index contributed by atoms with van der Waals surface area (Å²) in [4.78, 5) is 36.7. The van der Waals surface area contributed by atoms with E-state index < -0.39 is 25.2 Å². The summed E-state index contributed by atoms with van der Waals surface area (Å²) in [5.41, 5.74) is 0.285. The molecule has 0 radical (unpaired) electrons. The Morgan fingerprint density at radius 2 is 2.30 bits per heavy atom. The number of rotatable bonds is 7. The maximum atomic E-state index is 12.0. The molecule has 20 heavy (non-hydrogen) atoms. The molecule has 0 spiro atoms. The van der Waals surface area contributed by atoms with Gasteiger partial charge in [0, 0.05) is 12.4 Å². The number of esters is 1. The van der Waals surface area contributed by atoms with E-state index in [1.54, 1.807) is 6.07 Å². The van der Waals surface area contributed by atoms with Crippen LogP contribution in [0.4, 0.5) is 9.18 Å². The highest BCUT2D eigenvalue weighted by Crippen LogP contribution is 1.98. The molecule has 8 nitrogen and oxygen atoms in total. The summed E-state index contributed by atoms with van der Waals surface area (Å²) in [6.45, 7) is -1.43. The van der Waals surface area contributed by atoms with Crippen molar-refractivity contribution in [1.29, 1.82) is 0 Å². The minimum Gasteiger partial charge on any atom is -0.460 e. The average molecular weight is 284 g/mol. The summed E-state index contributed by atoms with van der Waals surface area (Å²) < 4.78 is 16.8. The first-order valence-electron chi connectivity index (χ1n) is 5.70. The normalized spacial score (nSPS) is 9.65. The zero-order valence-corrected chi connectivity index (χ0v) is 10.5. The van der Waals surface area contributed by atoms with Crippen molar-refractivity contribution >= 4 is 12.0 Å². The van der Waals surface area contributed by atoms with Gasteiger partial charge in [-0.05, 0) is 12.1 Å². The molecule has 2 amide bonds. The standard InChI is InChI=1S/C11H13FN4O4/c12-3-6-16(15-19)11(18)14-5-7-20-10(17)9-2-1-4-13-8-9/h1-2,4,8H,3,5-7H2,(H,14,18). The minimum absolute atomic E-state index is 0.0247. The lowest BCUT2D eigenvalue weighted by Crippen LogP contribution is -2.39. The van der Waals surface area contributed by atoms with Crippen molar-refractivity contribution < 1.29 is 18.7 Å². The quantitative estimate of drug-likeness (QED) is 0.347. The summed E-state index contributed by atoms with van der Waals surface area (Å²) in [6, 6.07) is 2.27. The maximum absolute atomic E-state index is 12.0. The number of amides is 2. The van der Waals surface area contributed by atoms with Crippen molar-refractivity contribution in [3.63, 3.8) is 0 Å². The molecule has 0 bridgehead atoms. The molecule has 0 fully saturated rings. The van der Waals surface area contributed by atoms with Gasteiger partial charge in [0.15, 0.2) is 0 Å². The van der Waals surface area contributed by atoms with E-state index in [0.29, 0.717) is 5.01 Å². The molecule has 108 valence electrons. The molecule has 0 saturated carbocycles.